The third-order valence-electron chi connectivity index (χ3n) is 3.84. The van der Waals surface area contributed by atoms with Gasteiger partial charge in [0.2, 0.25) is 0 Å². The summed E-state index contributed by atoms with van der Waals surface area (Å²) in [5.41, 5.74) is 1.66. The van der Waals surface area contributed by atoms with Crippen LogP contribution in [0.25, 0.3) is 0 Å². The van der Waals surface area contributed by atoms with E-state index in [1.54, 1.807) is 0 Å². The van der Waals surface area contributed by atoms with Crippen LogP contribution in [0.15, 0.2) is 12.2 Å². The monoisotopic (exact) mass is 175 g/mol. The molecule has 0 heterocycles. The van der Waals surface area contributed by atoms with Gasteiger partial charge < -0.3 is 0 Å². The molecule has 2 fully saturated rings. The molecule has 0 saturated heterocycles. The second-order valence-corrected chi connectivity index (χ2v) is 4.74. The topological polar surface area (TPSA) is 23.8 Å². The van der Waals surface area contributed by atoms with Gasteiger partial charge in [-0.1, -0.05) is 31.4 Å². The lowest BCUT2D eigenvalue weighted by atomic mass is 9.68. The molecule has 0 amide bonds. The number of hydrogen-bond acceptors (Lipinski definition) is 1. The Morgan fingerprint density at radius 1 is 1.31 bits per heavy atom. The Bertz CT molecular complexity index is 253. The average molecular weight is 175 g/mol. The highest BCUT2D eigenvalue weighted by molar-refractivity contribution is 5.17. The fraction of sp³-hybridized carbons (Fsp3) is 0.750. The molecule has 0 aromatic carbocycles. The van der Waals surface area contributed by atoms with Crippen molar-refractivity contribution in [3.8, 4) is 6.07 Å². The van der Waals surface area contributed by atoms with Crippen molar-refractivity contribution in [1.82, 2.24) is 0 Å². The molecule has 0 aromatic heterocycles. The van der Waals surface area contributed by atoms with E-state index in [0.717, 1.165) is 12.8 Å². The summed E-state index contributed by atoms with van der Waals surface area (Å²) in [6.45, 7) is 4.05. The van der Waals surface area contributed by atoms with Crippen LogP contribution in [0, 0.1) is 22.7 Å². The second-order valence-electron chi connectivity index (χ2n) is 4.74. The first-order valence-electron chi connectivity index (χ1n) is 5.33. The molecule has 1 atom stereocenters. The van der Waals surface area contributed by atoms with E-state index < -0.39 is 0 Å². The van der Waals surface area contributed by atoms with Gasteiger partial charge in [0.15, 0.2) is 0 Å². The van der Waals surface area contributed by atoms with Crippen LogP contribution in [0.3, 0.4) is 0 Å². The molecule has 0 N–H and O–H groups in total. The first-order chi connectivity index (χ1) is 6.27. The van der Waals surface area contributed by atoms with E-state index in [0.29, 0.717) is 5.41 Å². The van der Waals surface area contributed by atoms with Gasteiger partial charge in [-0.05, 0) is 31.1 Å². The Hall–Kier alpha value is -0.770. The molecule has 13 heavy (non-hydrogen) atoms. The van der Waals surface area contributed by atoms with Gasteiger partial charge in [0.1, 0.15) is 0 Å². The van der Waals surface area contributed by atoms with Crippen molar-refractivity contribution in [2.45, 2.75) is 44.9 Å². The van der Waals surface area contributed by atoms with Crippen molar-refractivity contribution in [2.75, 3.05) is 0 Å². The van der Waals surface area contributed by atoms with Crippen LogP contribution >= 0.6 is 0 Å². The quantitative estimate of drug-likeness (QED) is 0.517. The Balaban J connectivity index is 2.19. The predicted octanol–water partition coefficient (Wildman–Crippen LogP) is 3.43. The van der Waals surface area contributed by atoms with Crippen LogP contribution in [0.2, 0.25) is 0 Å². The fourth-order valence-electron chi connectivity index (χ4n) is 3.16. The Morgan fingerprint density at radius 3 is 2.62 bits per heavy atom. The van der Waals surface area contributed by atoms with Crippen molar-refractivity contribution in [3.05, 3.63) is 12.2 Å². The third kappa shape index (κ3) is 1.39. The summed E-state index contributed by atoms with van der Waals surface area (Å²) in [5.74, 6) is 0.278. The van der Waals surface area contributed by atoms with E-state index >= 15 is 0 Å². The zero-order valence-electron chi connectivity index (χ0n) is 8.18. The van der Waals surface area contributed by atoms with E-state index in [4.69, 9.17) is 5.26 Å². The highest BCUT2D eigenvalue weighted by atomic mass is 14.5. The molecule has 2 saturated carbocycles. The molecule has 2 aliphatic carbocycles. The molecule has 0 radical (unpaired) electrons. The number of allylic oxidation sites excluding steroid dienone is 1. The van der Waals surface area contributed by atoms with E-state index in [-0.39, 0.29) is 5.92 Å². The zero-order valence-corrected chi connectivity index (χ0v) is 8.18. The molecule has 1 heteroatoms. The van der Waals surface area contributed by atoms with Gasteiger partial charge in [0.05, 0.1) is 12.0 Å². The highest BCUT2D eigenvalue weighted by Crippen LogP contribution is 2.54. The Labute approximate surface area is 80.4 Å². The standard InChI is InChI=1S/C12H17N/c1-10-7-11(9-13)12(8-10)5-3-2-4-6-12/h11H,1-8H2. The minimum atomic E-state index is 0.278. The normalized spacial score (nSPS) is 31.9. The van der Waals surface area contributed by atoms with Gasteiger partial charge in [-0.25, -0.2) is 0 Å². The maximum Gasteiger partial charge on any atom is 0.0665 e. The molecule has 0 aliphatic heterocycles. The lowest BCUT2D eigenvalue weighted by Crippen LogP contribution is -2.27. The predicted molar refractivity (Wildman–Crippen MR) is 53.0 cm³/mol. The summed E-state index contributed by atoms with van der Waals surface area (Å²) in [6.07, 6.45) is 8.65. The van der Waals surface area contributed by atoms with Crippen LogP contribution < -0.4 is 0 Å². The van der Waals surface area contributed by atoms with Gasteiger partial charge >= 0.3 is 0 Å². The van der Waals surface area contributed by atoms with Crippen molar-refractivity contribution in [1.29, 1.82) is 5.26 Å². The third-order valence-corrected chi connectivity index (χ3v) is 3.84. The molecule has 70 valence electrons. The average Bonchev–Trinajstić information content (AvgIpc) is 2.43. The fourth-order valence-corrected chi connectivity index (χ4v) is 3.16. The second kappa shape index (κ2) is 3.18. The van der Waals surface area contributed by atoms with Crippen LogP contribution in [0.1, 0.15) is 44.9 Å². The van der Waals surface area contributed by atoms with E-state index in [9.17, 15) is 0 Å². The number of nitriles is 1. The molecule has 1 unspecified atom stereocenters. The van der Waals surface area contributed by atoms with E-state index in [1.807, 2.05) is 0 Å². The highest BCUT2D eigenvalue weighted by Gasteiger charge is 2.44. The smallest absolute Gasteiger partial charge is 0.0665 e. The first kappa shape index (κ1) is 8.81. The molecular formula is C12H17N. The van der Waals surface area contributed by atoms with Crippen LogP contribution in [-0.4, -0.2) is 0 Å². The molecular weight excluding hydrogens is 158 g/mol. The SMILES string of the molecule is C=C1CC(C#N)C2(CCCCC2)C1. The minimum absolute atomic E-state index is 0.278. The lowest BCUT2D eigenvalue weighted by Gasteiger charge is -2.35. The first-order valence-corrected chi connectivity index (χ1v) is 5.33. The maximum absolute atomic E-state index is 9.11. The summed E-state index contributed by atoms with van der Waals surface area (Å²) in [5, 5.41) is 9.11. The van der Waals surface area contributed by atoms with Gasteiger partial charge in [0, 0.05) is 0 Å². The Morgan fingerprint density at radius 2 is 2.00 bits per heavy atom. The van der Waals surface area contributed by atoms with Crippen molar-refractivity contribution in [3.63, 3.8) is 0 Å². The molecule has 0 aromatic rings. The van der Waals surface area contributed by atoms with Crippen LogP contribution in [0.5, 0.6) is 0 Å². The van der Waals surface area contributed by atoms with Gasteiger partial charge in [0.25, 0.3) is 0 Å². The number of nitrogens with zero attached hydrogens (tertiary/aromatic N) is 1. The molecule has 2 aliphatic rings. The zero-order chi connectivity index (χ0) is 9.31. The van der Waals surface area contributed by atoms with Crippen molar-refractivity contribution >= 4 is 0 Å². The van der Waals surface area contributed by atoms with E-state index in [1.165, 1.54) is 37.7 Å². The summed E-state index contributed by atoms with van der Waals surface area (Å²) in [4.78, 5) is 0. The van der Waals surface area contributed by atoms with Gasteiger partial charge in [-0.3, -0.25) is 0 Å². The minimum Gasteiger partial charge on any atom is -0.198 e. The molecule has 1 spiro atoms. The Kier molecular flexibility index (Phi) is 2.15. The van der Waals surface area contributed by atoms with Crippen LogP contribution in [0.4, 0.5) is 0 Å². The summed E-state index contributed by atoms with van der Waals surface area (Å²) < 4.78 is 0. The summed E-state index contributed by atoms with van der Waals surface area (Å²) >= 11 is 0. The van der Waals surface area contributed by atoms with E-state index in [2.05, 4.69) is 12.6 Å². The molecule has 1 nitrogen and oxygen atoms in total. The van der Waals surface area contributed by atoms with Gasteiger partial charge in [-0.2, -0.15) is 5.26 Å². The van der Waals surface area contributed by atoms with Crippen LogP contribution in [-0.2, 0) is 0 Å². The number of rotatable bonds is 0. The number of hydrogen-bond donors (Lipinski definition) is 0. The summed E-state index contributed by atoms with van der Waals surface area (Å²) in [6, 6.07) is 2.49. The summed E-state index contributed by atoms with van der Waals surface area (Å²) in [7, 11) is 0. The molecule has 2 rings (SSSR count). The van der Waals surface area contributed by atoms with Crippen molar-refractivity contribution < 1.29 is 0 Å². The van der Waals surface area contributed by atoms with Crippen molar-refractivity contribution in [2.24, 2.45) is 11.3 Å². The largest absolute Gasteiger partial charge is 0.198 e. The lowest BCUT2D eigenvalue weighted by molar-refractivity contribution is 0.161. The molecule has 0 bridgehead atoms. The van der Waals surface area contributed by atoms with Gasteiger partial charge in [-0.15, -0.1) is 0 Å². The maximum atomic E-state index is 9.11.